The van der Waals surface area contributed by atoms with E-state index < -0.39 is 41.6 Å². The molecule has 1 fully saturated rings. The van der Waals surface area contributed by atoms with Gasteiger partial charge in [-0.15, -0.1) is 6.58 Å². The van der Waals surface area contributed by atoms with Gasteiger partial charge in [0.25, 0.3) is 0 Å². The number of esters is 1. The normalized spacial score (nSPS) is 20.7. The molecule has 8 heteroatoms. The highest BCUT2D eigenvalue weighted by Gasteiger charge is 2.45. The smallest absolute Gasteiger partial charge is 0.407 e. The van der Waals surface area contributed by atoms with Crippen LogP contribution in [0.25, 0.3) is 0 Å². The van der Waals surface area contributed by atoms with E-state index in [-0.39, 0.29) is 19.6 Å². The molecular formula is C19H32N2O6. The zero-order valence-electron chi connectivity index (χ0n) is 16.7. The quantitative estimate of drug-likeness (QED) is 0.374. The largest absolute Gasteiger partial charge is 0.467 e. The number of hydrogen-bond acceptors (Lipinski definition) is 6. The molecule has 0 aliphatic carbocycles. The summed E-state index contributed by atoms with van der Waals surface area (Å²) in [5.41, 5.74) is -0.618. The van der Waals surface area contributed by atoms with Gasteiger partial charge in [-0.2, -0.15) is 0 Å². The predicted octanol–water partition coefficient (Wildman–Crippen LogP) is 1.62. The fourth-order valence-electron chi connectivity index (χ4n) is 2.95. The minimum Gasteiger partial charge on any atom is -0.467 e. The first-order valence-electron chi connectivity index (χ1n) is 9.22. The molecule has 0 bridgehead atoms. The lowest BCUT2D eigenvalue weighted by Crippen LogP contribution is -2.57. The summed E-state index contributed by atoms with van der Waals surface area (Å²) in [6.07, 6.45) is 2.84. The summed E-state index contributed by atoms with van der Waals surface area (Å²) in [6, 6.07) is -1.77. The van der Waals surface area contributed by atoms with Crippen molar-refractivity contribution in [3.8, 4) is 0 Å². The van der Waals surface area contributed by atoms with E-state index in [1.165, 1.54) is 12.0 Å². The molecular weight excluding hydrogens is 352 g/mol. The fraction of sp³-hybridized carbons (Fsp3) is 0.737. The molecule has 1 saturated heterocycles. The number of β-amino-alcohol motifs (C(OH)–C–C–N with tert-alkyl or cyclic N) is 1. The van der Waals surface area contributed by atoms with Crippen LogP contribution in [0.1, 0.15) is 46.5 Å². The number of nitrogens with one attached hydrogen (secondary N) is 1. The number of aliphatic hydroxyl groups excluding tert-OH is 1. The van der Waals surface area contributed by atoms with Crippen molar-refractivity contribution in [3.63, 3.8) is 0 Å². The van der Waals surface area contributed by atoms with Crippen molar-refractivity contribution >= 4 is 18.0 Å². The molecule has 0 radical (unpaired) electrons. The first-order chi connectivity index (χ1) is 12.6. The lowest BCUT2D eigenvalue weighted by molar-refractivity contribution is -0.152. The molecule has 0 aromatic heterocycles. The Labute approximate surface area is 160 Å². The number of allylic oxidation sites excluding steroid dienone is 1. The Morgan fingerprint density at radius 2 is 2.00 bits per heavy atom. The molecule has 1 rings (SSSR count). The monoisotopic (exact) mass is 384 g/mol. The molecule has 0 aromatic rings. The fourth-order valence-corrected chi connectivity index (χ4v) is 2.95. The van der Waals surface area contributed by atoms with Crippen molar-refractivity contribution in [2.75, 3.05) is 20.3 Å². The Hall–Kier alpha value is -2.09. The van der Waals surface area contributed by atoms with Crippen LogP contribution >= 0.6 is 0 Å². The van der Waals surface area contributed by atoms with Crippen molar-refractivity contribution in [2.45, 2.75) is 64.6 Å². The molecule has 3 atom stereocenters. The number of rotatable bonds is 8. The van der Waals surface area contributed by atoms with Crippen LogP contribution in [0.4, 0.5) is 4.79 Å². The standard InChI is InChI=1S/C19H32N2O6/c1-6-7-8-9-10-27-18(25)20-15(19(2,3)4)16(23)21-12-13(22)11-14(21)17(24)26-5/h6,13-15,22H,1,7-12H2,2-5H3,(H,20,25)/t13-,14+,15-/m1/s1. The zero-order valence-corrected chi connectivity index (χ0v) is 16.7. The third kappa shape index (κ3) is 6.86. The van der Waals surface area contributed by atoms with Crippen LogP contribution in [0.15, 0.2) is 12.7 Å². The summed E-state index contributed by atoms with van der Waals surface area (Å²) in [7, 11) is 1.24. The Balaban J connectivity index is 2.78. The maximum Gasteiger partial charge on any atom is 0.407 e. The second-order valence-electron chi connectivity index (χ2n) is 7.78. The van der Waals surface area contributed by atoms with E-state index in [4.69, 9.17) is 9.47 Å². The van der Waals surface area contributed by atoms with Gasteiger partial charge in [0.15, 0.2) is 0 Å². The number of methoxy groups -OCH3 is 1. The molecule has 8 nitrogen and oxygen atoms in total. The third-order valence-corrected chi connectivity index (χ3v) is 4.45. The van der Waals surface area contributed by atoms with Crippen LogP contribution in [0.3, 0.4) is 0 Å². The third-order valence-electron chi connectivity index (χ3n) is 4.45. The van der Waals surface area contributed by atoms with Crippen molar-refractivity contribution in [3.05, 3.63) is 12.7 Å². The van der Waals surface area contributed by atoms with Crippen LogP contribution in [0, 0.1) is 5.41 Å². The highest BCUT2D eigenvalue weighted by molar-refractivity contribution is 5.90. The minimum absolute atomic E-state index is 0.0173. The highest BCUT2D eigenvalue weighted by Crippen LogP contribution is 2.26. The van der Waals surface area contributed by atoms with Gasteiger partial charge in [0.1, 0.15) is 12.1 Å². The van der Waals surface area contributed by atoms with Crippen LogP contribution in [0.5, 0.6) is 0 Å². The minimum atomic E-state index is -0.907. The van der Waals surface area contributed by atoms with Crippen molar-refractivity contribution in [1.82, 2.24) is 10.2 Å². The van der Waals surface area contributed by atoms with Gasteiger partial charge in [-0.05, 0) is 24.7 Å². The van der Waals surface area contributed by atoms with Crippen LogP contribution in [0.2, 0.25) is 0 Å². The van der Waals surface area contributed by atoms with E-state index in [2.05, 4.69) is 11.9 Å². The van der Waals surface area contributed by atoms with Gasteiger partial charge in [0.2, 0.25) is 5.91 Å². The average Bonchev–Trinajstić information content (AvgIpc) is 2.99. The molecule has 2 N–H and O–H groups in total. The Morgan fingerprint density at radius 1 is 1.33 bits per heavy atom. The molecule has 0 unspecified atom stereocenters. The molecule has 2 amide bonds. The Bertz CT molecular complexity index is 543. The van der Waals surface area contributed by atoms with Crippen molar-refractivity contribution < 1.29 is 29.0 Å². The lowest BCUT2D eigenvalue weighted by Gasteiger charge is -2.34. The molecule has 154 valence electrons. The van der Waals surface area contributed by atoms with E-state index in [0.29, 0.717) is 6.42 Å². The van der Waals surface area contributed by atoms with E-state index in [1.54, 1.807) is 26.8 Å². The average molecular weight is 384 g/mol. The summed E-state index contributed by atoms with van der Waals surface area (Å²) in [6.45, 7) is 9.31. The number of carbonyl (C=O) groups is 3. The van der Waals surface area contributed by atoms with Gasteiger partial charge in [-0.25, -0.2) is 9.59 Å². The molecule has 1 heterocycles. The highest BCUT2D eigenvalue weighted by atomic mass is 16.5. The second-order valence-corrected chi connectivity index (χ2v) is 7.78. The lowest BCUT2D eigenvalue weighted by atomic mass is 9.85. The predicted molar refractivity (Wildman–Crippen MR) is 99.9 cm³/mol. The summed E-state index contributed by atoms with van der Waals surface area (Å²) in [4.78, 5) is 38.4. The number of likely N-dealkylation sites (tertiary alicyclic amines) is 1. The number of hydrogen-bond donors (Lipinski definition) is 2. The number of amides is 2. The zero-order chi connectivity index (χ0) is 20.6. The summed E-state index contributed by atoms with van der Waals surface area (Å²) >= 11 is 0. The number of alkyl carbamates (subject to hydrolysis) is 1. The number of nitrogens with zero attached hydrogens (tertiary/aromatic N) is 1. The Morgan fingerprint density at radius 3 is 2.56 bits per heavy atom. The number of unbranched alkanes of at least 4 members (excludes halogenated alkanes) is 2. The Kier molecular flexibility index (Phi) is 8.75. The van der Waals surface area contributed by atoms with Crippen LogP contribution in [-0.4, -0.2) is 66.4 Å². The summed E-state index contributed by atoms with van der Waals surface area (Å²) < 4.78 is 9.88. The van der Waals surface area contributed by atoms with Gasteiger partial charge in [0, 0.05) is 13.0 Å². The number of carbonyl (C=O) groups excluding carboxylic acids is 3. The van der Waals surface area contributed by atoms with Gasteiger partial charge in [-0.1, -0.05) is 26.8 Å². The van der Waals surface area contributed by atoms with Gasteiger partial charge in [-0.3, -0.25) is 4.79 Å². The molecule has 27 heavy (non-hydrogen) atoms. The van der Waals surface area contributed by atoms with Crippen LogP contribution in [-0.2, 0) is 19.1 Å². The van der Waals surface area contributed by atoms with Gasteiger partial charge < -0.3 is 24.8 Å². The molecule has 1 aliphatic rings. The van der Waals surface area contributed by atoms with Crippen molar-refractivity contribution in [2.24, 2.45) is 5.41 Å². The molecule has 0 aromatic carbocycles. The van der Waals surface area contributed by atoms with Gasteiger partial charge >= 0.3 is 12.1 Å². The van der Waals surface area contributed by atoms with Crippen molar-refractivity contribution in [1.29, 1.82) is 0 Å². The topological polar surface area (TPSA) is 105 Å². The maximum absolute atomic E-state index is 13.0. The van der Waals surface area contributed by atoms with E-state index in [9.17, 15) is 19.5 Å². The molecule has 0 saturated carbocycles. The summed E-state index contributed by atoms with van der Waals surface area (Å²) in [5.74, 6) is -1.03. The first-order valence-corrected chi connectivity index (χ1v) is 9.22. The van der Waals surface area contributed by atoms with E-state index in [0.717, 1.165) is 12.8 Å². The van der Waals surface area contributed by atoms with E-state index >= 15 is 0 Å². The number of ether oxygens (including phenoxy) is 2. The molecule has 0 spiro atoms. The maximum atomic E-state index is 13.0. The SMILES string of the molecule is C=CCCCCOC(=O)N[C@H](C(=O)N1C[C@H](O)C[C@H]1C(=O)OC)C(C)(C)C. The van der Waals surface area contributed by atoms with Crippen LogP contribution < -0.4 is 5.32 Å². The first kappa shape index (κ1) is 23.0. The summed E-state index contributed by atoms with van der Waals surface area (Å²) in [5, 5.41) is 12.5. The van der Waals surface area contributed by atoms with E-state index in [1.807, 2.05) is 0 Å². The number of aliphatic hydroxyl groups is 1. The molecule has 1 aliphatic heterocycles. The second kappa shape index (κ2) is 10.3. The van der Waals surface area contributed by atoms with Gasteiger partial charge in [0.05, 0.1) is 19.8 Å².